The fourth-order valence-corrected chi connectivity index (χ4v) is 1.76. The Kier molecular flexibility index (Phi) is 5.45. The van der Waals surface area contributed by atoms with E-state index in [1.54, 1.807) is 21.2 Å². The Morgan fingerprint density at radius 1 is 1.50 bits per heavy atom. The van der Waals surface area contributed by atoms with Crippen LogP contribution in [0.5, 0.6) is 0 Å². The summed E-state index contributed by atoms with van der Waals surface area (Å²) in [7, 11) is 4.81. The summed E-state index contributed by atoms with van der Waals surface area (Å²) in [6.07, 6.45) is 0. The summed E-state index contributed by atoms with van der Waals surface area (Å²) in [6, 6.07) is 4.17. The normalized spacial score (nSPS) is 11.8. The standard InChI is InChI=1S/C13H19N3O4/c1-9(8-20-4)14-11-7-10(13(17)15(2)3)5-6-12(11)16(18)19/h5-7,9,14H,8H2,1-4H3. The van der Waals surface area contributed by atoms with Crippen LogP contribution < -0.4 is 5.32 Å². The zero-order valence-corrected chi connectivity index (χ0v) is 12.0. The molecular formula is C13H19N3O4. The molecule has 20 heavy (non-hydrogen) atoms. The maximum absolute atomic E-state index is 11.9. The quantitative estimate of drug-likeness (QED) is 0.634. The smallest absolute Gasteiger partial charge is 0.292 e. The second kappa shape index (κ2) is 6.85. The molecule has 7 heteroatoms. The van der Waals surface area contributed by atoms with Gasteiger partial charge in [0.25, 0.3) is 11.6 Å². The Balaban J connectivity index is 3.12. The number of hydrogen-bond acceptors (Lipinski definition) is 5. The van der Waals surface area contributed by atoms with Gasteiger partial charge in [0.15, 0.2) is 0 Å². The van der Waals surface area contributed by atoms with Gasteiger partial charge in [-0.3, -0.25) is 14.9 Å². The minimum atomic E-state index is -0.480. The van der Waals surface area contributed by atoms with E-state index in [2.05, 4.69) is 5.32 Å². The Morgan fingerprint density at radius 2 is 2.15 bits per heavy atom. The van der Waals surface area contributed by atoms with Gasteiger partial charge in [-0.1, -0.05) is 0 Å². The lowest BCUT2D eigenvalue weighted by Gasteiger charge is -2.16. The van der Waals surface area contributed by atoms with Crippen molar-refractivity contribution < 1.29 is 14.5 Å². The van der Waals surface area contributed by atoms with Crippen molar-refractivity contribution in [2.75, 3.05) is 33.1 Å². The number of nitro groups is 1. The van der Waals surface area contributed by atoms with Gasteiger partial charge in [-0.15, -0.1) is 0 Å². The van der Waals surface area contributed by atoms with Gasteiger partial charge in [0.1, 0.15) is 5.69 Å². The predicted octanol–water partition coefficient (Wildman–Crippen LogP) is 1.74. The van der Waals surface area contributed by atoms with Gasteiger partial charge in [0.2, 0.25) is 0 Å². The number of carbonyl (C=O) groups excluding carboxylic acids is 1. The lowest BCUT2D eigenvalue weighted by molar-refractivity contribution is -0.384. The van der Waals surface area contributed by atoms with Crippen LogP contribution in [0.3, 0.4) is 0 Å². The lowest BCUT2D eigenvalue weighted by Crippen LogP contribution is -2.23. The number of nitrogens with zero attached hydrogens (tertiary/aromatic N) is 2. The molecule has 110 valence electrons. The van der Waals surface area contributed by atoms with Crippen molar-refractivity contribution in [3.63, 3.8) is 0 Å². The highest BCUT2D eigenvalue weighted by atomic mass is 16.6. The van der Waals surface area contributed by atoms with Gasteiger partial charge in [-0.2, -0.15) is 0 Å². The molecular weight excluding hydrogens is 262 g/mol. The number of carbonyl (C=O) groups is 1. The number of nitro benzene ring substituents is 1. The number of methoxy groups -OCH3 is 1. The van der Waals surface area contributed by atoms with E-state index in [1.807, 2.05) is 6.92 Å². The number of nitrogens with one attached hydrogen (secondary N) is 1. The van der Waals surface area contributed by atoms with Gasteiger partial charge >= 0.3 is 0 Å². The van der Waals surface area contributed by atoms with Crippen LogP contribution in [0.4, 0.5) is 11.4 Å². The first-order chi connectivity index (χ1) is 9.36. The molecule has 7 nitrogen and oxygen atoms in total. The minimum Gasteiger partial charge on any atom is -0.383 e. The molecule has 0 heterocycles. The summed E-state index contributed by atoms with van der Waals surface area (Å²) in [5.41, 5.74) is 0.642. The van der Waals surface area contributed by atoms with Gasteiger partial charge in [-0.05, 0) is 19.1 Å². The Labute approximate surface area is 117 Å². The van der Waals surface area contributed by atoms with E-state index in [4.69, 9.17) is 4.74 Å². The molecule has 1 unspecified atom stereocenters. The van der Waals surface area contributed by atoms with Gasteiger partial charge in [-0.25, -0.2) is 0 Å². The molecule has 1 atom stereocenters. The molecule has 0 spiro atoms. The number of benzene rings is 1. The van der Waals surface area contributed by atoms with Gasteiger partial charge in [0, 0.05) is 38.9 Å². The molecule has 0 bridgehead atoms. The van der Waals surface area contributed by atoms with E-state index < -0.39 is 4.92 Å². The van der Waals surface area contributed by atoms with Gasteiger partial charge < -0.3 is 15.0 Å². The summed E-state index contributed by atoms with van der Waals surface area (Å²) in [6.45, 7) is 2.25. The third-order valence-electron chi connectivity index (χ3n) is 2.66. The van der Waals surface area contributed by atoms with E-state index in [1.165, 1.54) is 23.1 Å². The van der Waals surface area contributed by atoms with E-state index in [-0.39, 0.29) is 17.6 Å². The average Bonchev–Trinajstić information content (AvgIpc) is 2.37. The van der Waals surface area contributed by atoms with Crippen LogP contribution in [-0.4, -0.2) is 49.6 Å². The third-order valence-corrected chi connectivity index (χ3v) is 2.66. The largest absolute Gasteiger partial charge is 0.383 e. The first-order valence-corrected chi connectivity index (χ1v) is 6.12. The molecule has 1 aromatic carbocycles. The second-order valence-electron chi connectivity index (χ2n) is 4.69. The molecule has 1 rings (SSSR count). The van der Waals surface area contributed by atoms with Crippen molar-refractivity contribution in [3.05, 3.63) is 33.9 Å². The molecule has 1 amide bonds. The number of anilines is 1. The fourth-order valence-electron chi connectivity index (χ4n) is 1.76. The number of amides is 1. The first kappa shape index (κ1) is 15.9. The summed E-state index contributed by atoms with van der Waals surface area (Å²) in [5, 5.41) is 14.0. The van der Waals surface area contributed by atoms with Crippen molar-refractivity contribution >= 4 is 17.3 Å². The number of rotatable bonds is 6. The Morgan fingerprint density at radius 3 is 2.65 bits per heavy atom. The van der Waals surface area contributed by atoms with Crippen LogP contribution in [0, 0.1) is 10.1 Å². The summed E-state index contributed by atoms with van der Waals surface area (Å²) < 4.78 is 4.98. The van der Waals surface area contributed by atoms with Crippen LogP contribution >= 0.6 is 0 Å². The minimum absolute atomic E-state index is 0.0664. The van der Waals surface area contributed by atoms with Crippen molar-refractivity contribution in [1.29, 1.82) is 0 Å². The van der Waals surface area contributed by atoms with E-state index in [0.29, 0.717) is 17.9 Å². The molecule has 1 aromatic rings. The monoisotopic (exact) mass is 281 g/mol. The van der Waals surface area contributed by atoms with Crippen molar-refractivity contribution in [2.24, 2.45) is 0 Å². The van der Waals surface area contributed by atoms with Crippen LogP contribution in [0.2, 0.25) is 0 Å². The molecule has 0 aliphatic heterocycles. The molecule has 0 aliphatic rings. The maximum Gasteiger partial charge on any atom is 0.292 e. The molecule has 0 aliphatic carbocycles. The Hall–Kier alpha value is -2.15. The van der Waals surface area contributed by atoms with Crippen molar-refractivity contribution in [1.82, 2.24) is 4.90 Å². The van der Waals surface area contributed by atoms with E-state index >= 15 is 0 Å². The highest BCUT2D eigenvalue weighted by Crippen LogP contribution is 2.26. The first-order valence-electron chi connectivity index (χ1n) is 6.12. The highest BCUT2D eigenvalue weighted by molar-refractivity contribution is 5.95. The van der Waals surface area contributed by atoms with Crippen molar-refractivity contribution in [2.45, 2.75) is 13.0 Å². The van der Waals surface area contributed by atoms with Crippen LogP contribution in [-0.2, 0) is 4.74 Å². The summed E-state index contributed by atoms with van der Waals surface area (Å²) in [4.78, 5) is 23.8. The van der Waals surface area contributed by atoms with E-state index in [9.17, 15) is 14.9 Å². The van der Waals surface area contributed by atoms with E-state index in [0.717, 1.165) is 0 Å². The molecule has 0 saturated carbocycles. The lowest BCUT2D eigenvalue weighted by atomic mass is 10.1. The Bertz CT molecular complexity index is 502. The van der Waals surface area contributed by atoms with Crippen LogP contribution in [0.25, 0.3) is 0 Å². The number of hydrogen-bond donors (Lipinski definition) is 1. The second-order valence-corrected chi connectivity index (χ2v) is 4.69. The molecule has 1 N–H and O–H groups in total. The third kappa shape index (κ3) is 3.92. The summed E-state index contributed by atoms with van der Waals surface area (Å²) in [5.74, 6) is -0.206. The molecule has 0 fully saturated rings. The topological polar surface area (TPSA) is 84.7 Å². The zero-order chi connectivity index (χ0) is 15.3. The SMILES string of the molecule is COCC(C)Nc1cc(C(=O)N(C)C)ccc1[N+](=O)[O-]. The van der Waals surface area contributed by atoms with Gasteiger partial charge in [0.05, 0.1) is 11.5 Å². The van der Waals surface area contributed by atoms with Crippen LogP contribution in [0.15, 0.2) is 18.2 Å². The molecule has 0 saturated heterocycles. The summed E-state index contributed by atoms with van der Waals surface area (Å²) >= 11 is 0. The molecule has 0 radical (unpaired) electrons. The average molecular weight is 281 g/mol. The fraction of sp³-hybridized carbons (Fsp3) is 0.462. The zero-order valence-electron chi connectivity index (χ0n) is 12.0. The molecule has 0 aromatic heterocycles. The number of ether oxygens (including phenoxy) is 1. The highest BCUT2D eigenvalue weighted by Gasteiger charge is 2.18. The predicted molar refractivity (Wildman–Crippen MR) is 76.1 cm³/mol. The van der Waals surface area contributed by atoms with Crippen LogP contribution in [0.1, 0.15) is 17.3 Å². The maximum atomic E-state index is 11.9. The van der Waals surface area contributed by atoms with Crippen molar-refractivity contribution in [3.8, 4) is 0 Å².